The summed E-state index contributed by atoms with van der Waals surface area (Å²) < 4.78 is 5.77. The Bertz CT molecular complexity index is 400. The Morgan fingerprint density at radius 2 is 1.94 bits per heavy atom. The quantitative estimate of drug-likeness (QED) is 0.827. The van der Waals surface area contributed by atoms with Gasteiger partial charge in [-0.2, -0.15) is 0 Å². The number of rotatable bonds is 4. The lowest BCUT2D eigenvalue weighted by Gasteiger charge is -2.33. The van der Waals surface area contributed by atoms with Crippen molar-refractivity contribution < 1.29 is 14.9 Å². The molecule has 0 atom stereocenters. The highest BCUT2D eigenvalue weighted by Crippen LogP contribution is 2.36. The van der Waals surface area contributed by atoms with Gasteiger partial charge in [-0.15, -0.1) is 0 Å². The van der Waals surface area contributed by atoms with Crippen LogP contribution in [0.4, 0.5) is 0 Å². The van der Waals surface area contributed by atoms with E-state index in [0.29, 0.717) is 30.0 Å². The number of ether oxygens (including phenoxy) is 1. The van der Waals surface area contributed by atoms with Gasteiger partial charge >= 0.3 is 0 Å². The Kier molecular flexibility index (Phi) is 4.49. The average molecular weight is 271 g/mol. The molecule has 1 fully saturated rings. The van der Waals surface area contributed by atoms with Crippen molar-refractivity contribution in [2.24, 2.45) is 0 Å². The van der Waals surface area contributed by atoms with Gasteiger partial charge in [-0.1, -0.05) is 30.2 Å². The summed E-state index contributed by atoms with van der Waals surface area (Å²) in [5.74, 6) is -0.592. The minimum atomic E-state index is -1.10. The highest BCUT2D eigenvalue weighted by molar-refractivity contribution is 6.32. The van der Waals surface area contributed by atoms with Crippen LogP contribution < -0.4 is 4.74 Å². The predicted molar refractivity (Wildman–Crippen MR) is 70.9 cm³/mol. The zero-order valence-corrected chi connectivity index (χ0v) is 11.1. The van der Waals surface area contributed by atoms with E-state index in [1.807, 2.05) is 12.1 Å². The minimum absolute atomic E-state index is 0.0368. The molecule has 100 valence electrons. The van der Waals surface area contributed by atoms with Gasteiger partial charge in [-0.05, 0) is 30.9 Å². The maximum Gasteiger partial charge on any atom is 0.208 e. The highest BCUT2D eigenvalue weighted by atomic mass is 35.5. The zero-order valence-electron chi connectivity index (χ0n) is 10.4. The number of hydrogen-bond donors (Lipinski definition) is 2. The predicted octanol–water partition coefficient (Wildman–Crippen LogP) is 2.91. The van der Waals surface area contributed by atoms with E-state index < -0.39 is 5.79 Å². The van der Waals surface area contributed by atoms with Crippen LogP contribution in [0.2, 0.25) is 5.02 Å². The van der Waals surface area contributed by atoms with Crippen molar-refractivity contribution in [1.29, 1.82) is 0 Å². The molecule has 18 heavy (non-hydrogen) atoms. The van der Waals surface area contributed by atoms with Crippen molar-refractivity contribution in [3.05, 3.63) is 28.8 Å². The van der Waals surface area contributed by atoms with Gasteiger partial charge in [0.2, 0.25) is 5.79 Å². The van der Waals surface area contributed by atoms with E-state index in [9.17, 15) is 5.11 Å². The Morgan fingerprint density at radius 1 is 1.22 bits per heavy atom. The molecule has 0 heterocycles. The molecule has 1 aromatic rings. The molecular formula is C14H19ClO3. The third-order valence-electron chi connectivity index (χ3n) is 3.36. The molecule has 3 nitrogen and oxygen atoms in total. The molecule has 2 rings (SSSR count). The van der Waals surface area contributed by atoms with E-state index in [1.54, 1.807) is 6.07 Å². The standard InChI is InChI=1S/C14H19ClO3/c15-12-6-4-5-11(7-10-16)13(12)18-14(17)8-2-1-3-9-14/h4-6,16-17H,1-3,7-10H2. The van der Waals surface area contributed by atoms with Crippen LogP contribution in [0.15, 0.2) is 18.2 Å². The summed E-state index contributed by atoms with van der Waals surface area (Å²) in [5, 5.41) is 19.9. The zero-order chi connectivity index (χ0) is 13.0. The molecule has 2 N–H and O–H groups in total. The van der Waals surface area contributed by atoms with E-state index in [2.05, 4.69) is 0 Å². The Labute approximate surface area is 112 Å². The van der Waals surface area contributed by atoms with Crippen LogP contribution in [0.3, 0.4) is 0 Å². The molecule has 1 aliphatic rings. The van der Waals surface area contributed by atoms with Gasteiger partial charge in [0.1, 0.15) is 5.75 Å². The lowest BCUT2D eigenvalue weighted by atomic mass is 9.94. The van der Waals surface area contributed by atoms with Crippen molar-refractivity contribution in [3.63, 3.8) is 0 Å². The Hall–Kier alpha value is -0.770. The first-order chi connectivity index (χ1) is 8.64. The third-order valence-corrected chi connectivity index (χ3v) is 3.65. The fourth-order valence-corrected chi connectivity index (χ4v) is 2.61. The Balaban J connectivity index is 2.21. The van der Waals surface area contributed by atoms with Crippen LogP contribution in [-0.2, 0) is 6.42 Å². The van der Waals surface area contributed by atoms with Crippen molar-refractivity contribution in [2.45, 2.75) is 44.3 Å². The summed E-state index contributed by atoms with van der Waals surface area (Å²) in [7, 11) is 0. The molecule has 0 unspecified atom stereocenters. The van der Waals surface area contributed by atoms with E-state index in [0.717, 1.165) is 24.8 Å². The molecule has 0 radical (unpaired) electrons. The Morgan fingerprint density at radius 3 is 2.61 bits per heavy atom. The van der Waals surface area contributed by atoms with Crippen molar-refractivity contribution >= 4 is 11.6 Å². The van der Waals surface area contributed by atoms with Crippen LogP contribution in [0.5, 0.6) is 5.75 Å². The fraction of sp³-hybridized carbons (Fsp3) is 0.571. The second-order valence-electron chi connectivity index (χ2n) is 4.81. The molecular weight excluding hydrogens is 252 g/mol. The lowest BCUT2D eigenvalue weighted by molar-refractivity contribution is -0.159. The molecule has 0 saturated heterocycles. The number of aliphatic hydroxyl groups is 2. The summed E-state index contributed by atoms with van der Waals surface area (Å²) in [6, 6.07) is 5.43. The van der Waals surface area contributed by atoms with Gasteiger partial charge in [-0.25, -0.2) is 0 Å². The van der Waals surface area contributed by atoms with Gasteiger partial charge in [0.25, 0.3) is 0 Å². The van der Waals surface area contributed by atoms with E-state index in [1.165, 1.54) is 0 Å². The van der Waals surface area contributed by atoms with E-state index in [4.69, 9.17) is 21.4 Å². The van der Waals surface area contributed by atoms with Crippen LogP contribution in [-0.4, -0.2) is 22.6 Å². The summed E-state index contributed by atoms with van der Waals surface area (Å²) in [5.41, 5.74) is 0.837. The molecule has 0 aromatic heterocycles. The number of halogens is 1. The maximum absolute atomic E-state index is 10.4. The van der Waals surface area contributed by atoms with Crippen molar-refractivity contribution in [3.8, 4) is 5.75 Å². The molecule has 4 heteroatoms. The normalized spacial score (nSPS) is 18.6. The monoisotopic (exact) mass is 270 g/mol. The first-order valence-corrected chi connectivity index (χ1v) is 6.82. The fourth-order valence-electron chi connectivity index (χ4n) is 2.38. The van der Waals surface area contributed by atoms with Crippen LogP contribution in [0.1, 0.15) is 37.7 Å². The maximum atomic E-state index is 10.4. The van der Waals surface area contributed by atoms with Crippen LogP contribution in [0, 0.1) is 0 Å². The second-order valence-corrected chi connectivity index (χ2v) is 5.22. The molecule has 1 aliphatic carbocycles. The van der Waals surface area contributed by atoms with Gasteiger partial charge in [0, 0.05) is 19.4 Å². The second kappa shape index (κ2) is 5.91. The van der Waals surface area contributed by atoms with Gasteiger partial charge in [0.15, 0.2) is 0 Å². The number of aliphatic hydroxyl groups excluding tert-OH is 1. The summed E-state index contributed by atoms with van der Waals surface area (Å²) in [4.78, 5) is 0. The van der Waals surface area contributed by atoms with Crippen LogP contribution >= 0.6 is 11.6 Å². The average Bonchev–Trinajstić information content (AvgIpc) is 2.35. The summed E-state index contributed by atoms with van der Waals surface area (Å²) in [6.45, 7) is 0.0368. The van der Waals surface area contributed by atoms with Crippen LogP contribution in [0.25, 0.3) is 0 Å². The first-order valence-electron chi connectivity index (χ1n) is 6.44. The summed E-state index contributed by atoms with van der Waals surface area (Å²) >= 11 is 6.13. The molecule has 1 saturated carbocycles. The number of benzene rings is 1. The molecule has 0 bridgehead atoms. The molecule has 0 aliphatic heterocycles. The SMILES string of the molecule is OCCc1cccc(Cl)c1OC1(O)CCCCC1. The molecule has 1 aromatic carbocycles. The summed E-state index contributed by atoms with van der Waals surface area (Å²) in [6.07, 6.45) is 4.82. The highest BCUT2D eigenvalue weighted by Gasteiger charge is 2.32. The lowest BCUT2D eigenvalue weighted by Crippen LogP contribution is -2.38. The van der Waals surface area contributed by atoms with Crippen molar-refractivity contribution in [1.82, 2.24) is 0 Å². The molecule has 0 amide bonds. The van der Waals surface area contributed by atoms with Gasteiger partial charge < -0.3 is 14.9 Å². The topological polar surface area (TPSA) is 49.7 Å². The van der Waals surface area contributed by atoms with Gasteiger partial charge in [-0.3, -0.25) is 0 Å². The number of para-hydroxylation sites is 1. The number of hydrogen-bond acceptors (Lipinski definition) is 3. The minimum Gasteiger partial charge on any atom is -0.461 e. The third kappa shape index (κ3) is 3.16. The first kappa shape index (κ1) is 13.7. The van der Waals surface area contributed by atoms with E-state index in [-0.39, 0.29) is 6.61 Å². The molecule has 0 spiro atoms. The largest absolute Gasteiger partial charge is 0.461 e. The van der Waals surface area contributed by atoms with Gasteiger partial charge in [0.05, 0.1) is 5.02 Å². The van der Waals surface area contributed by atoms with E-state index >= 15 is 0 Å². The van der Waals surface area contributed by atoms with Crippen molar-refractivity contribution in [2.75, 3.05) is 6.61 Å². The smallest absolute Gasteiger partial charge is 0.208 e.